The first kappa shape index (κ1) is 13.9. The van der Waals surface area contributed by atoms with E-state index in [2.05, 4.69) is 15.9 Å². The van der Waals surface area contributed by atoms with Crippen LogP contribution in [0.3, 0.4) is 0 Å². The van der Waals surface area contributed by atoms with Crippen molar-refractivity contribution in [2.75, 3.05) is 6.61 Å². The van der Waals surface area contributed by atoms with Gasteiger partial charge in [0.1, 0.15) is 17.2 Å². The van der Waals surface area contributed by atoms with Crippen molar-refractivity contribution < 1.29 is 14.6 Å². The van der Waals surface area contributed by atoms with E-state index in [1.165, 1.54) is 0 Å². The zero-order valence-electron chi connectivity index (χ0n) is 10.6. The summed E-state index contributed by atoms with van der Waals surface area (Å²) in [6, 6.07) is 12.9. The molecule has 0 spiro atoms. The highest BCUT2D eigenvalue weighted by molar-refractivity contribution is 9.10. The lowest BCUT2D eigenvalue weighted by Crippen LogP contribution is -1.91. The summed E-state index contributed by atoms with van der Waals surface area (Å²) in [6.07, 6.45) is 0. The molecular weight excluding hydrogens is 308 g/mol. The summed E-state index contributed by atoms with van der Waals surface area (Å²) in [6.45, 7) is 2.61. The number of aliphatic hydroxyl groups excluding tert-OH is 1. The number of hydrogen-bond acceptors (Lipinski definition) is 3. The van der Waals surface area contributed by atoms with Crippen LogP contribution >= 0.6 is 15.9 Å². The third-order valence-corrected chi connectivity index (χ3v) is 3.16. The van der Waals surface area contributed by atoms with Crippen molar-refractivity contribution >= 4 is 15.9 Å². The molecular formula is C15H15BrO3. The smallest absolute Gasteiger partial charge is 0.141 e. The molecule has 0 aromatic heterocycles. The number of benzene rings is 2. The zero-order chi connectivity index (χ0) is 13.7. The summed E-state index contributed by atoms with van der Waals surface area (Å²) < 4.78 is 11.9. The zero-order valence-corrected chi connectivity index (χ0v) is 12.2. The molecule has 1 N–H and O–H groups in total. The Morgan fingerprint density at radius 3 is 2.32 bits per heavy atom. The SMILES string of the molecule is CCOc1ccc(Oc2ccc(CO)cc2Br)cc1. The van der Waals surface area contributed by atoms with Gasteiger partial charge in [0.05, 0.1) is 17.7 Å². The Morgan fingerprint density at radius 1 is 1.05 bits per heavy atom. The molecule has 0 bridgehead atoms. The standard InChI is InChI=1S/C15H15BrO3/c1-2-18-12-4-6-13(7-5-12)19-15-8-3-11(10-17)9-14(15)16/h3-9,17H,2,10H2,1H3. The highest BCUT2D eigenvalue weighted by Crippen LogP contribution is 2.31. The lowest BCUT2D eigenvalue weighted by Gasteiger charge is -2.09. The third-order valence-electron chi connectivity index (χ3n) is 2.54. The molecule has 0 fully saturated rings. The van der Waals surface area contributed by atoms with E-state index in [1.807, 2.05) is 49.4 Å². The minimum Gasteiger partial charge on any atom is -0.494 e. The van der Waals surface area contributed by atoms with Gasteiger partial charge < -0.3 is 14.6 Å². The summed E-state index contributed by atoms with van der Waals surface area (Å²) in [7, 11) is 0. The minimum atomic E-state index is 0.0158. The van der Waals surface area contributed by atoms with Crippen LogP contribution in [-0.4, -0.2) is 11.7 Å². The van der Waals surface area contributed by atoms with Crippen LogP contribution in [0.15, 0.2) is 46.9 Å². The second-order valence-corrected chi connectivity index (χ2v) is 4.78. The Bertz CT molecular complexity index is 538. The first-order valence-electron chi connectivity index (χ1n) is 6.03. The predicted molar refractivity (Wildman–Crippen MR) is 77.7 cm³/mol. The molecule has 2 rings (SSSR count). The quantitative estimate of drug-likeness (QED) is 0.899. The van der Waals surface area contributed by atoms with Crippen molar-refractivity contribution in [3.8, 4) is 17.2 Å². The van der Waals surface area contributed by atoms with Crippen molar-refractivity contribution in [1.29, 1.82) is 0 Å². The lowest BCUT2D eigenvalue weighted by atomic mass is 10.2. The van der Waals surface area contributed by atoms with Crippen LogP contribution in [0, 0.1) is 0 Å². The van der Waals surface area contributed by atoms with Crippen molar-refractivity contribution in [3.05, 3.63) is 52.5 Å². The highest BCUT2D eigenvalue weighted by atomic mass is 79.9. The second kappa shape index (κ2) is 6.59. The highest BCUT2D eigenvalue weighted by Gasteiger charge is 2.04. The van der Waals surface area contributed by atoms with Gasteiger partial charge in [0.2, 0.25) is 0 Å². The maximum atomic E-state index is 9.05. The molecule has 0 aliphatic rings. The molecule has 2 aromatic rings. The summed E-state index contributed by atoms with van der Waals surface area (Å²) in [4.78, 5) is 0. The molecule has 0 unspecified atom stereocenters. The van der Waals surface area contributed by atoms with Crippen LogP contribution in [0.1, 0.15) is 12.5 Å². The predicted octanol–water partition coefficient (Wildman–Crippen LogP) is 4.13. The summed E-state index contributed by atoms with van der Waals surface area (Å²) in [5.74, 6) is 2.27. The van der Waals surface area contributed by atoms with Crippen LogP contribution in [0.2, 0.25) is 0 Å². The molecule has 19 heavy (non-hydrogen) atoms. The van der Waals surface area contributed by atoms with E-state index in [1.54, 1.807) is 0 Å². The van der Waals surface area contributed by atoms with Gasteiger partial charge in [-0.3, -0.25) is 0 Å². The minimum absolute atomic E-state index is 0.0158. The number of hydrogen-bond donors (Lipinski definition) is 1. The Morgan fingerprint density at radius 2 is 1.74 bits per heavy atom. The fourth-order valence-electron chi connectivity index (χ4n) is 1.62. The number of halogens is 1. The van der Waals surface area contributed by atoms with E-state index in [0.717, 1.165) is 21.5 Å². The Hall–Kier alpha value is -1.52. The topological polar surface area (TPSA) is 38.7 Å². The summed E-state index contributed by atoms with van der Waals surface area (Å²) in [5, 5.41) is 9.05. The molecule has 0 aliphatic heterocycles. The van der Waals surface area contributed by atoms with Crippen LogP contribution < -0.4 is 9.47 Å². The van der Waals surface area contributed by atoms with Gasteiger partial charge in [-0.2, -0.15) is 0 Å². The van der Waals surface area contributed by atoms with Crippen molar-refractivity contribution in [3.63, 3.8) is 0 Å². The maximum absolute atomic E-state index is 9.05. The Kier molecular flexibility index (Phi) is 4.82. The van der Waals surface area contributed by atoms with Crippen molar-refractivity contribution in [1.82, 2.24) is 0 Å². The Labute approximate surface area is 120 Å². The fourth-order valence-corrected chi connectivity index (χ4v) is 2.13. The van der Waals surface area contributed by atoms with E-state index >= 15 is 0 Å². The molecule has 0 heterocycles. The molecule has 0 saturated carbocycles. The third kappa shape index (κ3) is 3.72. The van der Waals surface area contributed by atoms with Crippen molar-refractivity contribution in [2.24, 2.45) is 0 Å². The lowest BCUT2D eigenvalue weighted by molar-refractivity contribution is 0.281. The number of rotatable bonds is 5. The van der Waals surface area contributed by atoms with E-state index in [-0.39, 0.29) is 6.61 Å². The maximum Gasteiger partial charge on any atom is 0.141 e. The van der Waals surface area contributed by atoms with Gasteiger partial charge in [0, 0.05) is 0 Å². The Balaban J connectivity index is 2.12. The molecule has 100 valence electrons. The molecule has 4 heteroatoms. The van der Waals surface area contributed by atoms with E-state index < -0.39 is 0 Å². The molecule has 0 atom stereocenters. The average molecular weight is 323 g/mol. The van der Waals surface area contributed by atoms with Gasteiger partial charge in [-0.05, 0) is 64.8 Å². The molecule has 3 nitrogen and oxygen atoms in total. The van der Waals surface area contributed by atoms with Gasteiger partial charge in [0.25, 0.3) is 0 Å². The summed E-state index contributed by atoms with van der Waals surface area (Å²) in [5.41, 5.74) is 0.839. The van der Waals surface area contributed by atoms with Crippen LogP contribution in [0.4, 0.5) is 0 Å². The largest absolute Gasteiger partial charge is 0.494 e. The normalized spacial score (nSPS) is 10.3. The average Bonchev–Trinajstić information content (AvgIpc) is 2.43. The summed E-state index contributed by atoms with van der Waals surface area (Å²) >= 11 is 3.42. The molecule has 2 aromatic carbocycles. The van der Waals surface area contributed by atoms with Gasteiger partial charge in [-0.1, -0.05) is 6.07 Å². The van der Waals surface area contributed by atoms with Crippen LogP contribution in [-0.2, 0) is 6.61 Å². The van der Waals surface area contributed by atoms with Crippen LogP contribution in [0.25, 0.3) is 0 Å². The fraction of sp³-hybridized carbons (Fsp3) is 0.200. The van der Waals surface area contributed by atoms with Gasteiger partial charge in [-0.15, -0.1) is 0 Å². The molecule has 0 saturated heterocycles. The molecule has 0 amide bonds. The second-order valence-electron chi connectivity index (χ2n) is 3.93. The molecule has 0 aliphatic carbocycles. The van der Waals surface area contributed by atoms with Crippen LogP contribution in [0.5, 0.6) is 17.2 Å². The van der Waals surface area contributed by atoms with Gasteiger partial charge >= 0.3 is 0 Å². The van der Waals surface area contributed by atoms with Gasteiger partial charge in [-0.25, -0.2) is 0 Å². The number of ether oxygens (including phenoxy) is 2. The molecule has 0 radical (unpaired) electrons. The number of aliphatic hydroxyl groups is 1. The van der Waals surface area contributed by atoms with E-state index in [0.29, 0.717) is 12.4 Å². The monoisotopic (exact) mass is 322 g/mol. The van der Waals surface area contributed by atoms with Crippen molar-refractivity contribution in [2.45, 2.75) is 13.5 Å². The van der Waals surface area contributed by atoms with E-state index in [4.69, 9.17) is 14.6 Å². The van der Waals surface area contributed by atoms with Gasteiger partial charge in [0.15, 0.2) is 0 Å². The first-order chi connectivity index (χ1) is 9.22. The first-order valence-corrected chi connectivity index (χ1v) is 6.82. The van der Waals surface area contributed by atoms with E-state index in [9.17, 15) is 0 Å².